The average Bonchev–Trinajstić information content (AvgIpc) is 3.42. The van der Waals surface area contributed by atoms with Gasteiger partial charge in [-0.1, -0.05) is 32.4 Å². The quantitative estimate of drug-likeness (QED) is 0.559. The van der Waals surface area contributed by atoms with Crippen molar-refractivity contribution in [2.45, 2.75) is 97.5 Å². The summed E-state index contributed by atoms with van der Waals surface area (Å²) < 4.78 is 0. The number of likely N-dealkylation sites (tertiary alicyclic amines) is 1. The van der Waals surface area contributed by atoms with Crippen molar-refractivity contribution in [3.05, 3.63) is 11.6 Å². The molecule has 4 aliphatic carbocycles. The Morgan fingerprint density at radius 2 is 1.97 bits per heavy atom. The second kappa shape index (κ2) is 8.97. The summed E-state index contributed by atoms with van der Waals surface area (Å²) in [6.45, 7) is 9.33. The van der Waals surface area contributed by atoms with Gasteiger partial charge >= 0.3 is 0 Å². The van der Waals surface area contributed by atoms with Crippen molar-refractivity contribution in [1.29, 1.82) is 0 Å². The summed E-state index contributed by atoms with van der Waals surface area (Å²) >= 11 is 0. The molecule has 2 N–H and O–H groups in total. The minimum Gasteiger partial charge on any atom is -0.396 e. The van der Waals surface area contributed by atoms with Crippen LogP contribution in [0.5, 0.6) is 0 Å². The van der Waals surface area contributed by atoms with E-state index in [1.807, 2.05) is 4.90 Å². The fourth-order valence-corrected chi connectivity index (χ4v) is 9.54. The molecule has 1 amide bonds. The summed E-state index contributed by atoms with van der Waals surface area (Å²) in [5, 5.41) is 19.6. The molecule has 9 atom stereocenters. The summed E-state index contributed by atoms with van der Waals surface area (Å²) in [6.07, 6.45) is 14.7. The van der Waals surface area contributed by atoms with Crippen LogP contribution in [0.25, 0.3) is 0 Å². The third kappa shape index (κ3) is 4.01. The van der Waals surface area contributed by atoms with Crippen molar-refractivity contribution in [3.8, 4) is 0 Å². The van der Waals surface area contributed by atoms with Gasteiger partial charge in [0.15, 0.2) is 0 Å². The van der Waals surface area contributed by atoms with Crippen LogP contribution in [0.1, 0.15) is 91.4 Å². The fraction of sp³-hybridized carbons (Fsp3) is 0.897. The molecule has 0 radical (unpaired) electrons. The fourth-order valence-electron chi connectivity index (χ4n) is 9.54. The Bertz CT molecular complexity index is 779. The van der Waals surface area contributed by atoms with E-state index in [0.29, 0.717) is 29.1 Å². The molecule has 3 saturated carbocycles. The number of allylic oxidation sites excluding steroid dienone is 1. The molecule has 0 aromatic heterocycles. The Morgan fingerprint density at radius 1 is 1.15 bits per heavy atom. The average molecular weight is 458 g/mol. The Hall–Kier alpha value is -0.870. The van der Waals surface area contributed by atoms with Gasteiger partial charge in [-0.25, -0.2) is 0 Å². The van der Waals surface area contributed by atoms with Crippen LogP contribution >= 0.6 is 0 Å². The first-order valence-corrected chi connectivity index (χ1v) is 14.0. The number of carbonyl (C=O) groups excluding carboxylic acids is 1. The number of aliphatic hydroxyl groups excluding tert-OH is 2. The smallest absolute Gasteiger partial charge is 0.222 e. The number of hydrogen-bond donors (Lipinski definition) is 2. The molecule has 0 bridgehead atoms. The van der Waals surface area contributed by atoms with Crippen molar-refractivity contribution in [2.24, 2.45) is 46.3 Å². The normalized spacial score (nSPS) is 45.7. The van der Waals surface area contributed by atoms with Gasteiger partial charge in [0.25, 0.3) is 0 Å². The molecule has 33 heavy (non-hydrogen) atoms. The number of aliphatic hydroxyl groups is 2. The first-order chi connectivity index (χ1) is 15.8. The summed E-state index contributed by atoms with van der Waals surface area (Å²) in [5.41, 5.74) is 2.31. The molecule has 0 unspecified atom stereocenters. The molecule has 0 aromatic rings. The molecule has 4 heteroatoms. The molecule has 1 saturated heterocycles. The second-order valence-electron chi connectivity index (χ2n) is 13.1. The maximum Gasteiger partial charge on any atom is 0.222 e. The summed E-state index contributed by atoms with van der Waals surface area (Å²) in [4.78, 5) is 14.8. The van der Waals surface area contributed by atoms with Crippen LogP contribution in [-0.4, -0.2) is 46.8 Å². The zero-order valence-electron chi connectivity index (χ0n) is 21.3. The zero-order valence-corrected chi connectivity index (χ0v) is 21.3. The lowest BCUT2D eigenvalue weighted by atomic mass is 9.47. The van der Waals surface area contributed by atoms with E-state index in [-0.39, 0.29) is 18.6 Å². The van der Waals surface area contributed by atoms with E-state index < -0.39 is 0 Å². The zero-order chi connectivity index (χ0) is 23.4. The predicted molar refractivity (Wildman–Crippen MR) is 131 cm³/mol. The van der Waals surface area contributed by atoms with E-state index in [1.165, 1.54) is 38.5 Å². The first-order valence-electron chi connectivity index (χ1n) is 14.0. The molecule has 4 nitrogen and oxygen atoms in total. The Morgan fingerprint density at radius 3 is 2.73 bits per heavy atom. The van der Waals surface area contributed by atoms with Crippen LogP contribution in [0.3, 0.4) is 0 Å². The van der Waals surface area contributed by atoms with Crippen molar-refractivity contribution in [3.63, 3.8) is 0 Å². The predicted octanol–water partition coefficient (Wildman–Crippen LogP) is 5.18. The molecule has 0 aromatic carbocycles. The Kier molecular flexibility index (Phi) is 6.48. The highest BCUT2D eigenvalue weighted by Gasteiger charge is 2.59. The number of hydrogen-bond acceptors (Lipinski definition) is 3. The van der Waals surface area contributed by atoms with Gasteiger partial charge < -0.3 is 15.1 Å². The minimum absolute atomic E-state index is 0.121. The minimum atomic E-state index is -0.121. The van der Waals surface area contributed by atoms with E-state index in [4.69, 9.17) is 0 Å². The number of rotatable bonds is 5. The maximum absolute atomic E-state index is 12.8. The molecule has 4 fully saturated rings. The molecule has 1 heterocycles. The van der Waals surface area contributed by atoms with E-state index in [0.717, 1.165) is 62.4 Å². The van der Waals surface area contributed by atoms with Crippen molar-refractivity contribution in [2.75, 3.05) is 19.7 Å². The van der Waals surface area contributed by atoms with Gasteiger partial charge in [0.2, 0.25) is 5.91 Å². The van der Waals surface area contributed by atoms with Crippen LogP contribution in [-0.2, 0) is 4.79 Å². The molecule has 5 rings (SSSR count). The number of amides is 1. The first kappa shape index (κ1) is 23.9. The van der Waals surface area contributed by atoms with Crippen LogP contribution < -0.4 is 0 Å². The van der Waals surface area contributed by atoms with Gasteiger partial charge in [-0.15, -0.1) is 0 Å². The largest absolute Gasteiger partial charge is 0.396 e. The molecule has 1 aliphatic heterocycles. The number of fused-ring (bicyclic) bond motifs is 5. The third-order valence-electron chi connectivity index (χ3n) is 11.5. The maximum atomic E-state index is 12.8. The van der Waals surface area contributed by atoms with Crippen LogP contribution in [0.2, 0.25) is 0 Å². The highest BCUT2D eigenvalue weighted by Crippen LogP contribution is 2.67. The highest BCUT2D eigenvalue weighted by molar-refractivity contribution is 5.76. The highest BCUT2D eigenvalue weighted by atomic mass is 16.3. The van der Waals surface area contributed by atoms with E-state index in [1.54, 1.807) is 5.57 Å². The topological polar surface area (TPSA) is 60.8 Å². The second-order valence-corrected chi connectivity index (χ2v) is 13.1. The molecule has 186 valence electrons. The van der Waals surface area contributed by atoms with E-state index in [9.17, 15) is 15.0 Å². The summed E-state index contributed by atoms with van der Waals surface area (Å²) in [6, 6.07) is 0. The lowest BCUT2D eigenvalue weighted by molar-refractivity contribution is -0.130. The summed E-state index contributed by atoms with van der Waals surface area (Å²) in [7, 11) is 0. The number of nitrogens with zero attached hydrogens (tertiary/aromatic N) is 1. The molecule has 5 aliphatic rings. The van der Waals surface area contributed by atoms with E-state index in [2.05, 4.69) is 26.8 Å². The lowest BCUT2D eigenvalue weighted by Crippen LogP contribution is -2.50. The van der Waals surface area contributed by atoms with Gasteiger partial charge in [-0.05, 0) is 105 Å². The van der Waals surface area contributed by atoms with Crippen LogP contribution in [0, 0.1) is 46.3 Å². The number of carbonyl (C=O) groups is 1. The van der Waals surface area contributed by atoms with Crippen LogP contribution in [0.4, 0.5) is 0 Å². The van der Waals surface area contributed by atoms with Crippen molar-refractivity contribution < 1.29 is 15.0 Å². The lowest BCUT2D eigenvalue weighted by Gasteiger charge is -2.58. The van der Waals surface area contributed by atoms with Gasteiger partial charge in [-0.2, -0.15) is 0 Å². The standard InChI is InChI=1S/C29H47NO3/c1-19(4-9-27(33)30-15-12-20(17-30)18-31)24-7-8-25-23-6-5-21-16-22(32)10-13-28(21,2)26(23)11-14-29(24,25)3/h5,19-20,22-26,31-32H,4,6-18H2,1-3H3/t19-,20+,22+,23+,24-,25+,26+,28+,29-/m1/s1. The van der Waals surface area contributed by atoms with Gasteiger partial charge in [0.1, 0.15) is 0 Å². The third-order valence-corrected chi connectivity index (χ3v) is 11.5. The van der Waals surface area contributed by atoms with Gasteiger partial charge in [-0.3, -0.25) is 4.79 Å². The Balaban J connectivity index is 1.23. The summed E-state index contributed by atoms with van der Waals surface area (Å²) in [5.74, 6) is 4.37. The monoisotopic (exact) mass is 457 g/mol. The van der Waals surface area contributed by atoms with Crippen molar-refractivity contribution in [1.82, 2.24) is 4.90 Å². The molecular weight excluding hydrogens is 410 g/mol. The van der Waals surface area contributed by atoms with Crippen LogP contribution in [0.15, 0.2) is 11.6 Å². The Labute approximate surface area is 201 Å². The molecule has 0 spiro atoms. The SMILES string of the molecule is C[C@H](CCC(=O)N1CC[C@H](CO)C1)[C@H]1CC[C@H]2[C@@H]3CC=C4C[C@@H](O)CC[C@]4(C)[C@H]3CC[C@]12C. The van der Waals surface area contributed by atoms with Gasteiger partial charge in [0.05, 0.1) is 6.10 Å². The van der Waals surface area contributed by atoms with Gasteiger partial charge in [0, 0.05) is 32.0 Å². The van der Waals surface area contributed by atoms with E-state index >= 15 is 0 Å². The molecular formula is C29H47NO3. The van der Waals surface area contributed by atoms with Crippen molar-refractivity contribution >= 4 is 5.91 Å².